The largest absolute Gasteiger partial charge is 0.362 e. The predicted octanol–water partition coefficient (Wildman–Crippen LogP) is 3.00. The van der Waals surface area contributed by atoms with Crippen molar-refractivity contribution in [1.29, 1.82) is 0 Å². The highest BCUT2D eigenvalue weighted by molar-refractivity contribution is 6.18. The van der Waals surface area contributed by atoms with E-state index in [0.717, 1.165) is 29.9 Å². The Morgan fingerprint density at radius 2 is 2.22 bits per heavy atom. The molecule has 96 valence electrons. The fraction of sp³-hybridized carbons (Fsp3) is 0.538. The number of nitrogens with zero attached hydrogens (tertiary/aromatic N) is 3. The van der Waals surface area contributed by atoms with E-state index in [2.05, 4.69) is 15.4 Å². The van der Waals surface area contributed by atoms with Gasteiger partial charge in [-0.05, 0) is 25.8 Å². The first-order valence-electron chi connectivity index (χ1n) is 6.38. The molecule has 1 aliphatic rings. The lowest BCUT2D eigenvalue weighted by molar-refractivity contribution is 0.538. The third-order valence-electron chi connectivity index (χ3n) is 3.71. The number of hydrogen-bond donors (Lipinski definition) is 1. The number of rotatable bonds is 3. The van der Waals surface area contributed by atoms with Crippen LogP contribution >= 0.6 is 11.6 Å². The molecule has 2 aromatic rings. The van der Waals surface area contributed by atoms with E-state index in [1.165, 1.54) is 12.8 Å². The normalized spacial score (nSPS) is 18.3. The molecule has 1 aliphatic carbocycles. The van der Waals surface area contributed by atoms with Gasteiger partial charge in [0.2, 0.25) is 0 Å². The number of aryl methyl sites for hydroxylation is 1. The van der Waals surface area contributed by atoms with Crippen molar-refractivity contribution in [3.05, 3.63) is 24.2 Å². The molecule has 2 heterocycles. The van der Waals surface area contributed by atoms with E-state index in [4.69, 9.17) is 11.6 Å². The van der Waals surface area contributed by atoms with Crippen LogP contribution in [-0.2, 0) is 0 Å². The van der Waals surface area contributed by atoms with Crippen LogP contribution in [-0.4, -0.2) is 26.0 Å². The Morgan fingerprint density at radius 3 is 2.94 bits per heavy atom. The second-order valence-corrected chi connectivity index (χ2v) is 5.40. The first-order valence-corrected chi connectivity index (χ1v) is 6.91. The summed E-state index contributed by atoms with van der Waals surface area (Å²) in [6.45, 7) is 1.99. The average Bonchev–Trinajstić information content (AvgIpc) is 2.96. The van der Waals surface area contributed by atoms with Gasteiger partial charge in [0.25, 0.3) is 0 Å². The Kier molecular flexibility index (Phi) is 2.90. The lowest BCUT2D eigenvalue weighted by Gasteiger charge is -2.28. The molecule has 18 heavy (non-hydrogen) atoms. The second-order valence-electron chi connectivity index (χ2n) is 5.14. The number of hydrogen-bond acceptors (Lipinski definition) is 3. The van der Waals surface area contributed by atoms with Gasteiger partial charge in [-0.1, -0.05) is 12.8 Å². The van der Waals surface area contributed by atoms with Crippen molar-refractivity contribution in [2.24, 2.45) is 0 Å². The molecular formula is C13H17ClN4. The van der Waals surface area contributed by atoms with Crippen molar-refractivity contribution in [3.8, 4) is 0 Å². The van der Waals surface area contributed by atoms with Gasteiger partial charge in [0.1, 0.15) is 5.52 Å². The number of fused-ring (bicyclic) bond motifs is 1. The summed E-state index contributed by atoms with van der Waals surface area (Å²) in [7, 11) is 0. The summed E-state index contributed by atoms with van der Waals surface area (Å²) in [6.07, 6.45) is 8.36. The van der Waals surface area contributed by atoms with E-state index in [9.17, 15) is 0 Å². The minimum absolute atomic E-state index is 0.00851. The third-order valence-corrected chi connectivity index (χ3v) is 4.22. The van der Waals surface area contributed by atoms with Gasteiger partial charge in [-0.15, -0.1) is 11.6 Å². The lowest BCUT2D eigenvalue weighted by Crippen LogP contribution is -2.37. The third kappa shape index (κ3) is 1.94. The molecule has 4 nitrogen and oxygen atoms in total. The molecule has 1 saturated carbocycles. The molecule has 3 rings (SSSR count). The minimum atomic E-state index is 0.00851. The molecule has 1 N–H and O–H groups in total. The summed E-state index contributed by atoms with van der Waals surface area (Å²) in [5.41, 5.74) is 2.03. The maximum absolute atomic E-state index is 6.16. The molecule has 0 aromatic carbocycles. The standard InChI is InChI=1S/C13H17ClN4/c1-10-8-11-12(15-6-7-18(11)17-10)16-13(9-14)4-2-3-5-13/h6-8H,2-5,9H2,1H3,(H,15,16). The van der Waals surface area contributed by atoms with Crippen LogP contribution in [0.5, 0.6) is 0 Å². The maximum atomic E-state index is 6.16. The Bertz CT molecular complexity index is 557. The van der Waals surface area contributed by atoms with Crippen LogP contribution in [0.4, 0.5) is 5.82 Å². The van der Waals surface area contributed by atoms with Crippen molar-refractivity contribution in [2.45, 2.75) is 38.1 Å². The van der Waals surface area contributed by atoms with Crippen molar-refractivity contribution >= 4 is 22.9 Å². The number of anilines is 1. The summed E-state index contributed by atoms with van der Waals surface area (Å²) in [4.78, 5) is 4.45. The molecule has 0 bridgehead atoms. The molecule has 0 spiro atoms. The number of aromatic nitrogens is 3. The number of nitrogens with one attached hydrogen (secondary N) is 1. The highest BCUT2D eigenvalue weighted by Gasteiger charge is 2.33. The second kappa shape index (κ2) is 4.43. The van der Waals surface area contributed by atoms with E-state index < -0.39 is 0 Å². The summed E-state index contributed by atoms with van der Waals surface area (Å²) in [5, 5.41) is 7.96. The molecule has 2 aromatic heterocycles. The van der Waals surface area contributed by atoms with Gasteiger partial charge in [-0.25, -0.2) is 9.50 Å². The Balaban J connectivity index is 1.99. The van der Waals surface area contributed by atoms with Gasteiger partial charge in [-0.3, -0.25) is 0 Å². The van der Waals surface area contributed by atoms with Crippen LogP contribution in [0.2, 0.25) is 0 Å². The van der Waals surface area contributed by atoms with Crippen LogP contribution < -0.4 is 5.32 Å². The highest BCUT2D eigenvalue weighted by Crippen LogP contribution is 2.34. The molecule has 1 fully saturated rings. The van der Waals surface area contributed by atoms with E-state index in [0.29, 0.717) is 5.88 Å². The first-order chi connectivity index (χ1) is 8.72. The van der Waals surface area contributed by atoms with Gasteiger partial charge in [0, 0.05) is 18.3 Å². The van der Waals surface area contributed by atoms with Crippen molar-refractivity contribution in [3.63, 3.8) is 0 Å². The zero-order valence-electron chi connectivity index (χ0n) is 10.5. The predicted molar refractivity (Wildman–Crippen MR) is 73.3 cm³/mol. The maximum Gasteiger partial charge on any atom is 0.152 e. The number of alkyl halides is 1. The molecule has 0 unspecified atom stereocenters. The fourth-order valence-electron chi connectivity index (χ4n) is 2.74. The van der Waals surface area contributed by atoms with Gasteiger partial charge in [0.05, 0.1) is 11.2 Å². The van der Waals surface area contributed by atoms with Crippen LogP contribution in [0, 0.1) is 6.92 Å². The molecule has 0 radical (unpaired) electrons. The summed E-state index contributed by atoms with van der Waals surface area (Å²) < 4.78 is 1.86. The molecule has 0 amide bonds. The summed E-state index contributed by atoms with van der Waals surface area (Å²) >= 11 is 6.16. The van der Waals surface area contributed by atoms with E-state index in [1.807, 2.05) is 23.7 Å². The summed E-state index contributed by atoms with van der Waals surface area (Å²) in [6, 6.07) is 2.05. The van der Waals surface area contributed by atoms with Crippen molar-refractivity contribution < 1.29 is 0 Å². The number of halogens is 1. The van der Waals surface area contributed by atoms with Crippen LogP contribution in [0.3, 0.4) is 0 Å². The zero-order valence-corrected chi connectivity index (χ0v) is 11.2. The van der Waals surface area contributed by atoms with Gasteiger partial charge in [0.15, 0.2) is 5.82 Å². The van der Waals surface area contributed by atoms with E-state index in [1.54, 1.807) is 6.20 Å². The van der Waals surface area contributed by atoms with Crippen LogP contribution in [0.25, 0.3) is 5.52 Å². The van der Waals surface area contributed by atoms with Gasteiger partial charge < -0.3 is 5.32 Å². The smallest absolute Gasteiger partial charge is 0.152 e. The Labute approximate surface area is 111 Å². The Morgan fingerprint density at radius 1 is 1.44 bits per heavy atom. The van der Waals surface area contributed by atoms with Crippen LogP contribution in [0.15, 0.2) is 18.5 Å². The van der Waals surface area contributed by atoms with E-state index >= 15 is 0 Å². The van der Waals surface area contributed by atoms with E-state index in [-0.39, 0.29) is 5.54 Å². The molecule has 0 saturated heterocycles. The van der Waals surface area contributed by atoms with Gasteiger partial charge >= 0.3 is 0 Å². The molecular weight excluding hydrogens is 248 g/mol. The van der Waals surface area contributed by atoms with Crippen LogP contribution in [0.1, 0.15) is 31.4 Å². The average molecular weight is 265 g/mol. The quantitative estimate of drug-likeness (QED) is 0.867. The van der Waals surface area contributed by atoms with Crippen molar-refractivity contribution in [2.75, 3.05) is 11.2 Å². The topological polar surface area (TPSA) is 42.2 Å². The molecule has 0 atom stereocenters. The SMILES string of the molecule is Cc1cc2c(NC3(CCl)CCCC3)nccn2n1. The summed E-state index contributed by atoms with van der Waals surface area (Å²) in [5.74, 6) is 1.52. The Hall–Kier alpha value is -1.29. The van der Waals surface area contributed by atoms with Gasteiger partial charge in [-0.2, -0.15) is 5.10 Å². The monoisotopic (exact) mass is 264 g/mol. The molecule has 0 aliphatic heterocycles. The first kappa shape index (κ1) is 11.8. The lowest BCUT2D eigenvalue weighted by atomic mass is 10.0. The fourth-order valence-corrected chi connectivity index (χ4v) is 3.07. The zero-order chi connectivity index (χ0) is 12.6. The minimum Gasteiger partial charge on any atom is -0.362 e. The molecule has 5 heteroatoms. The van der Waals surface area contributed by atoms with Crippen molar-refractivity contribution in [1.82, 2.24) is 14.6 Å². The highest BCUT2D eigenvalue weighted by atomic mass is 35.5.